The lowest BCUT2D eigenvalue weighted by molar-refractivity contribution is -0.385. The number of anilines is 1. The number of thiazole rings is 1. The molecule has 0 aliphatic heterocycles. The van der Waals surface area contributed by atoms with E-state index in [4.69, 9.17) is 4.74 Å². The first-order chi connectivity index (χ1) is 12.5. The molecule has 7 nitrogen and oxygen atoms in total. The van der Waals surface area contributed by atoms with Crippen molar-refractivity contribution in [2.75, 3.05) is 18.2 Å². The van der Waals surface area contributed by atoms with Crippen molar-refractivity contribution in [2.45, 2.75) is 11.8 Å². The first-order valence-electron chi connectivity index (χ1n) is 7.69. The van der Waals surface area contributed by atoms with Gasteiger partial charge in [0.15, 0.2) is 5.13 Å². The molecule has 9 heteroatoms. The van der Waals surface area contributed by atoms with Crippen LogP contribution in [0.3, 0.4) is 0 Å². The molecule has 0 radical (unpaired) electrons. The number of nitro benzene ring substituents is 1. The van der Waals surface area contributed by atoms with Crippen LogP contribution in [0.15, 0.2) is 41.3 Å². The van der Waals surface area contributed by atoms with Crippen molar-refractivity contribution in [2.24, 2.45) is 0 Å². The van der Waals surface area contributed by atoms with E-state index in [1.807, 2.05) is 31.4 Å². The maximum atomic E-state index is 12.6. The molecule has 0 fully saturated rings. The third-order valence-electron chi connectivity index (χ3n) is 3.54. The molecule has 26 heavy (non-hydrogen) atoms. The van der Waals surface area contributed by atoms with E-state index < -0.39 is 10.8 Å². The number of nitro groups is 1. The zero-order chi connectivity index (χ0) is 18.7. The Morgan fingerprint density at radius 2 is 2.15 bits per heavy atom. The number of nitrogens with zero attached hydrogens (tertiary/aromatic N) is 2. The van der Waals surface area contributed by atoms with E-state index >= 15 is 0 Å². The average Bonchev–Trinajstić information content (AvgIpc) is 3.02. The van der Waals surface area contributed by atoms with Crippen molar-refractivity contribution in [1.29, 1.82) is 0 Å². The largest absolute Gasteiger partial charge is 0.494 e. The maximum Gasteiger partial charge on any atom is 0.282 e. The van der Waals surface area contributed by atoms with Gasteiger partial charge in [-0.25, -0.2) is 4.98 Å². The second kappa shape index (κ2) is 7.71. The molecule has 1 amide bonds. The van der Waals surface area contributed by atoms with Crippen LogP contribution < -0.4 is 10.1 Å². The fourth-order valence-electron chi connectivity index (χ4n) is 2.36. The molecule has 0 bridgehead atoms. The molecule has 0 spiro atoms. The second-order valence-corrected chi connectivity index (χ2v) is 7.09. The zero-order valence-electron chi connectivity index (χ0n) is 14.0. The summed E-state index contributed by atoms with van der Waals surface area (Å²) in [6.07, 6.45) is 1.84. The van der Waals surface area contributed by atoms with E-state index in [1.54, 1.807) is 6.07 Å². The third-order valence-corrected chi connectivity index (χ3v) is 5.20. The summed E-state index contributed by atoms with van der Waals surface area (Å²) in [5.41, 5.74) is 0.497. The van der Waals surface area contributed by atoms with Crippen molar-refractivity contribution < 1.29 is 14.5 Å². The summed E-state index contributed by atoms with van der Waals surface area (Å²) in [5, 5.41) is 14.2. The Balaban J connectivity index is 1.90. The zero-order valence-corrected chi connectivity index (χ0v) is 15.6. The van der Waals surface area contributed by atoms with Crippen molar-refractivity contribution >= 4 is 50.0 Å². The highest BCUT2D eigenvalue weighted by Crippen LogP contribution is 2.31. The normalized spacial score (nSPS) is 10.7. The van der Waals surface area contributed by atoms with Gasteiger partial charge in [0.1, 0.15) is 11.3 Å². The molecular weight excluding hydrogens is 374 g/mol. The third kappa shape index (κ3) is 3.78. The Bertz CT molecular complexity index is 987. The van der Waals surface area contributed by atoms with E-state index in [1.165, 1.54) is 35.2 Å². The fourth-order valence-corrected chi connectivity index (χ4v) is 3.69. The van der Waals surface area contributed by atoms with Gasteiger partial charge in [0.05, 0.1) is 21.7 Å². The Kier molecular flexibility index (Phi) is 5.38. The van der Waals surface area contributed by atoms with E-state index in [0.717, 1.165) is 20.9 Å². The minimum Gasteiger partial charge on any atom is -0.494 e. The van der Waals surface area contributed by atoms with Gasteiger partial charge in [-0.05, 0) is 43.5 Å². The Hall–Kier alpha value is -2.65. The summed E-state index contributed by atoms with van der Waals surface area (Å²) in [6.45, 7) is 2.46. The number of ether oxygens (including phenoxy) is 1. The minimum atomic E-state index is -0.564. The van der Waals surface area contributed by atoms with Crippen molar-refractivity contribution in [3.05, 3.63) is 52.1 Å². The lowest BCUT2D eigenvalue weighted by Crippen LogP contribution is -2.14. The number of rotatable bonds is 6. The number of benzene rings is 2. The Morgan fingerprint density at radius 1 is 1.35 bits per heavy atom. The van der Waals surface area contributed by atoms with Crippen LogP contribution in [0.1, 0.15) is 17.3 Å². The molecule has 1 aromatic heterocycles. The monoisotopic (exact) mass is 389 g/mol. The summed E-state index contributed by atoms with van der Waals surface area (Å²) in [5.74, 6) is 0.168. The predicted octanol–water partition coefficient (Wildman–Crippen LogP) is 4.58. The van der Waals surface area contributed by atoms with Crippen molar-refractivity contribution in [3.63, 3.8) is 0 Å². The number of fused-ring (bicyclic) bond motifs is 1. The highest BCUT2D eigenvalue weighted by atomic mass is 32.2. The molecule has 134 valence electrons. The number of aromatic nitrogens is 1. The van der Waals surface area contributed by atoms with Crippen LogP contribution in [0, 0.1) is 10.1 Å². The van der Waals surface area contributed by atoms with E-state index in [-0.39, 0.29) is 11.3 Å². The predicted molar refractivity (Wildman–Crippen MR) is 104 cm³/mol. The first kappa shape index (κ1) is 18.2. The number of carbonyl (C=O) groups is 1. The van der Waals surface area contributed by atoms with Gasteiger partial charge in [0, 0.05) is 11.0 Å². The number of nitrogens with one attached hydrogen (secondary N) is 1. The fraction of sp³-hybridized carbons (Fsp3) is 0.176. The minimum absolute atomic E-state index is 0.0103. The lowest BCUT2D eigenvalue weighted by Gasteiger charge is -2.04. The van der Waals surface area contributed by atoms with Gasteiger partial charge in [0.25, 0.3) is 11.6 Å². The highest BCUT2D eigenvalue weighted by molar-refractivity contribution is 7.98. The number of carbonyl (C=O) groups excluding carboxylic acids is 1. The van der Waals surface area contributed by atoms with Gasteiger partial charge in [-0.3, -0.25) is 20.2 Å². The number of hydrogen-bond donors (Lipinski definition) is 1. The van der Waals surface area contributed by atoms with E-state index in [0.29, 0.717) is 11.7 Å². The van der Waals surface area contributed by atoms with Crippen LogP contribution in [0.5, 0.6) is 5.75 Å². The molecule has 1 heterocycles. The molecule has 1 N–H and O–H groups in total. The molecule has 0 saturated heterocycles. The maximum absolute atomic E-state index is 12.6. The smallest absolute Gasteiger partial charge is 0.282 e. The van der Waals surface area contributed by atoms with Gasteiger partial charge < -0.3 is 4.74 Å². The summed E-state index contributed by atoms with van der Waals surface area (Å²) < 4.78 is 6.32. The van der Waals surface area contributed by atoms with Crippen LogP contribution >= 0.6 is 23.1 Å². The number of thioether (sulfide) groups is 1. The molecule has 0 atom stereocenters. The number of hydrogen-bond acceptors (Lipinski definition) is 7. The topological polar surface area (TPSA) is 94.4 Å². The molecule has 0 aliphatic rings. The summed E-state index contributed by atoms with van der Waals surface area (Å²) in [4.78, 5) is 28.3. The standard InChI is InChI=1S/C17H15N3O4S2/c1-3-24-10-4-6-13-15(8-10)26-17(18-13)19-16(21)12-9-11(25-2)5-7-14(12)20(22)23/h4-9H,3H2,1-2H3,(H,18,19,21). The number of amides is 1. The van der Waals surface area contributed by atoms with Crippen LogP contribution in [0.2, 0.25) is 0 Å². The molecule has 0 unspecified atom stereocenters. The van der Waals surface area contributed by atoms with Crippen molar-refractivity contribution in [3.8, 4) is 5.75 Å². The summed E-state index contributed by atoms with van der Waals surface area (Å²) in [6, 6.07) is 9.94. The van der Waals surface area contributed by atoms with Crippen LogP contribution in [-0.2, 0) is 0 Å². The van der Waals surface area contributed by atoms with E-state index in [9.17, 15) is 14.9 Å². The van der Waals surface area contributed by atoms with Crippen molar-refractivity contribution in [1.82, 2.24) is 4.98 Å². The molecule has 2 aromatic carbocycles. The lowest BCUT2D eigenvalue weighted by atomic mass is 10.1. The molecular formula is C17H15N3O4S2. The highest BCUT2D eigenvalue weighted by Gasteiger charge is 2.21. The quantitative estimate of drug-likeness (QED) is 0.377. The van der Waals surface area contributed by atoms with Gasteiger partial charge in [0.2, 0.25) is 0 Å². The molecule has 3 aromatic rings. The SMILES string of the molecule is CCOc1ccc2nc(NC(=O)c3cc(SC)ccc3[N+](=O)[O-])sc2c1. The molecule has 0 saturated carbocycles. The van der Waals surface area contributed by atoms with Crippen LogP contribution in [0.25, 0.3) is 10.2 Å². The van der Waals surface area contributed by atoms with Gasteiger partial charge >= 0.3 is 0 Å². The van der Waals surface area contributed by atoms with Crippen LogP contribution in [-0.4, -0.2) is 28.7 Å². The van der Waals surface area contributed by atoms with E-state index in [2.05, 4.69) is 10.3 Å². The van der Waals surface area contributed by atoms with Gasteiger partial charge in [-0.2, -0.15) is 0 Å². The first-order valence-corrected chi connectivity index (χ1v) is 9.73. The van der Waals surface area contributed by atoms with Gasteiger partial charge in [-0.1, -0.05) is 11.3 Å². The summed E-state index contributed by atoms with van der Waals surface area (Å²) in [7, 11) is 0. The second-order valence-electron chi connectivity index (χ2n) is 5.18. The Morgan fingerprint density at radius 3 is 2.85 bits per heavy atom. The Labute approximate surface area is 157 Å². The average molecular weight is 389 g/mol. The van der Waals surface area contributed by atoms with Crippen LogP contribution in [0.4, 0.5) is 10.8 Å². The van der Waals surface area contributed by atoms with Gasteiger partial charge in [-0.15, -0.1) is 11.8 Å². The summed E-state index contributed by atoms with van der Waals surface area (Å²) >= 11 is 2.69. The molecule has 3 rings (SSSR count). The molecule has 0 aliphatic carbocycles.